The van der Waals surface area contributed by atoms with Gasteiger partial charge < -0.3 is 10.4 Å². The number of aryl methyl sites for hydroxylation is 1. The van der Waals surface area contributed by atoms with Crippen LogP contribution in [0, 0.1) is 18.6 Å². The number of aliphatic hydroxyl groups is 1. The summed E-state index contributed by atoms with van der Waals surface area (Å²) < 4.78 is 26.3. The van der Waals surface area contributed by atoms with Crippen molar-refractivity contribution < 1.29 is 13.9 Å². The van der Waals surface area contributed by atoms with E-state index in [-0.39, 0.29) is 12.1 Å². The van der Waals surface area contributed by atoms with Crippen LogP contribution in [0.1, 0.15) is 22.9 Å². The summed E-state index contributed by atoms with van der Waals surface area (Å²) in [6.45, 7) is 2.59. The van der Waals surface area contributed by atoms with Crippen molar-refractivity contribution in [2.24, 2.45) is 0 Å². The van der Waals surface area contributed by atoms with Crippen LogP contribution in [0.15, 0.2) is 36.5 Å². The Bertz CT molecular complexity index is 590. The molecule has 1 atom stereocenters. The van der Waals surface area contributed by atoms with Crippen molar-refractivity contribution in [1.29, 1.82) is 0 Å². The van der Waals surface area contributed by atoms with Gasteiger partial charge in [0.1, 0.15) is 11.6 Å². The lowest BCUT2D eigenvalue weighted by atomic mass is 10.1. The van der Waals surface area contributed by atoms with Crippen LogP contribution in [0.5, 0.6) is 0 Å². The van der Waals surface area contributed by atoms with Gasteiger partial charge in [0.05, 0.1) is 11.8 Å². The molecule has 3 nitrogen and oxygen atoms in total. The second kappa shape index (κ2) is 6.54. The van der Waals surface area contributed by atoms with Crippen LogP contribution in [0.3, 0.4) is 0 Å². The maximum absolute atomic E-state index is 13.5. The molecule has 0 bridgehead atoms. The molecule has 1 unspecified atom stereocenters. The Hall–Kier alpha value is -1.85. The number of pyridine rings is 1. The fourth-order valence-electron chi connectivity index (χ4n) is 1.91. The second-order valence-corrected chi connectivity index (χ2v) is 4.58. The summed E-state index contributed by atoms with van der Waals surface area (Å²) in [4.78, 5) is 4.21. The number of aliphatic hydroxyl groups excluding tert-OH is 1. The van der Waals surface area contributed by atoms with Gasteiger partial charge in [-0.1, -0.05) is 12.1 Å². The van der Waals surface area contributed by atoms with Gasteiger partial charge in [-0.15, -0.1) is 0 Å². The lowest BCUT2D eigenvalue weighted by molar-refractivity contribution is 0.169. The van der Waals surface area contributed by atoms with Crippen molar-refractivity contribution in [3.8, 4) is 0 Å². The second-order valence-electron chi connectivity index (χ2n) is 4.58. The number of benzene rings is 1. The summed E-state index contributed by atoms with van der Waals surface area (Å²) in [7, 11) is 0. The molecule has 0 saturated heterocycles. The van der Waals surface area contributed by atoms with Crippen molar-refractivity contribution in [2.45, 2.75) is 19.6 Å². The molecule has 0 amide bonds. The summed E-state index contributed by atoms with van der Waals surface area (Å²) in [5, 5.41) is 12.9. The van der Waals surface area contributed by atoms with Crippen LogP contribution in [-0.4, -0.2) is 16.6 Å². The first-order valence-corrected chi connectivity index (χ1v) is 6.32. The highest BCUT2D eigenvalue weighted by atomic mass is 19.1. The number of halogens is 2. The molecule has 20 heavy (non-hydrogen) atoms. The molecule has 0 fully saturated rings. The molecule has 2 N–H and O–H groups in total. The summed E-state index contributed by atoms with van der Waals surface area (Å²) in [5.74, 6) is -1.40. The topological polar surface area (TPSA) is 45.2 Å². The zero-order chi connectivity index (χ0) is 14.5. The summed E-state index contributed by atoms with van der Waals surface area (Å²) in [6.07, 6.45) is 0.666. The molecule has 1 aromatic carbocycles. The Balaban J connectivity index is 1.92. The maximum atomic E-state index is 13.5. The molecule has 2 rings (SSSR count). The molecule has 1 heterocycles. The number of rotatable bonds is 5. The minimum atomic E-state index is -1.03. The first-order chi connectivity index (χ1) is 9.58. The lowest BCUT2D eigenvalue weighted by Crippen LogP contribution is -2.22. The van der Waals surface area contributed by atoms with Gasteiger partial charge in [0.25, 0.3) is 0 Å². The number of hydrogen-bond donors (Lipinski definition) is 2. The molecule has 0 radical (unpaired) electrons. The maximum Gasteiger partial charge on any atom is 0.131 e. The van der Waals surface area contributed by atoms with Gasteiger partial charge in [-0.05, 0) is 24.6 Å². The van der Waals surface area contributed by atoms with Gasteiger partial charge in [-0.3, -0.25) is 4.98 Å². The highest BCUT2D eigenvalue weighted by Crippen LogP contribution is 2.17. The standard InChI is InChI=1S/C15H16F2N2O/c1-10-3-2-6-19-14(10)8-18-9-15(20)12-5-4-11(16)7-13(12)17/h2-7,15,18,20H,8-9H2,1H3. The van der Waals surface area contributed by atoms with E-state index in [9.17, 15) is 13.9 Å². The van der Waals surface area contributed by atoms with Gasteiger partial charge in [0.2, 0.25) is 0 Å². The molecular weight excluding hydrogens is 262 g/mol. The normalized spacial score (nSPS) is 12.4. The third kappa shape index (κ3) is 3.59. The summed E-state index contributed by atoms with van der Waals surface area (Å²) in [5.41, 5.74) is 2.00. The average Bonchev–Trinajstić information content (AvgIpc) is 2.40. The van der Waals surface area contributed by atoms with Crippen LogP contribution >= 0.6 is 0 Å². The quantitative estimate of drug-likeness (QED) is 0.883. The van der Waals surface area contributed by atoms with Crippen LogP contribution < -0.4 is 5.32 Å². The first kappa shape index (κ1) is 14.6. The number of nitrogens with one attached hydrogen (secondary N) is 1. The molecule has 0 saturated carbocycles. The van der Waals surface area contributed by atoms with Crippen molar-refractivity contribution in [3.05, 3.63) is 65.0 Å². The minimum Gasteiger partial charge on any atom is -0.387 e. The van der Waals surface area contributed by atoms with Crippen molar-refractivity contribution >= 4 is 0 Å². The number of aromatic nitrogens is 1. The van der Waals surface area contributed by atoms with Gasteiger partial charge in [-0.2, -0.15) is 0 Å². The van der Waals surface area contributed by atoms with Crippen molar-refractivity contribution in [3.63, 3.8) is 0 Å². The Morgan fingerprint density at radius 3 is 2.80 bits per heavy atom. The van der Waals surface area contributed by atoms with Crippen LogP contribution in [0.2, 0.25) is 0 Å². The molecular formula is C15H16F2N2O. The largest absolute Gasteiger partial charge is 0.387 e. The minimum absolute atomic E-state index is 0.0802. The molecule has 0 aliphatic carbocycles. The molecule has 1 aromatic heterocycles. The van der Waals surface area contributed by atoms with E-state index in [1.165, 1.54) is 6.07 Å². The first-order valence-electron chi connectivity index (χ1n) is 6.32. The monoisotopic (exact) mass is 278 g/mol. The Morgan fingerprint density at radius 2 is 2.10 bits per heavy atom. The van der Waals surface area contributed by atoms with Gasteiger partial charge in [-0.25, -0.2) is 8.78 Å². The average molecular weight is 278 g/mol. The number of hydrogen-bond acceptors (Lipinski definition) is 3. The molecule has 0 aliphatic heterocycles. The fraction of sp³-hybridized carbons (Fsp3) is 0.267. The van der Waals surface area contributed by atoms with Gasteiger partial charge >= 0.3 is 0 Å². The molecule has 0 spiro atoms. The zero-order valence-corrected chi connectivity index (χ0v) is 11.1. The predicted molar refractivity (Wildman–Crippen MR) is 72.0 cm³/mol. The van der Waals surface area contributed by atoms with Gasteiger partial charge in [0.15, 0.2) is 0 Å². The summed E-state index contributed by atoms with van der Waals surface area (Å²) in [6, 6.07) is 6.94. The Labute approximate surface area is 116 Å². The highest BCUT2D eigenvalue weighted by Gasteiger charge is 2.13. The van der Waals surface area contributed by atoms with E-state index in [4.69, 9.17) is 0 Å². The molecule has 106 valence electrons. The van der Waals surface area contributed by atoms with E-state index in [2.05, 4.69) is 10.3 Å². The van der Waals surface area contributed by atoms with E-state index in [1.807, 2.05) is 19.1 Å². The highest BCUT2D eigenvalue weighted by molar-refractivity contribution is 5.21. The smallest absolute Gasteiger partial charge is 0.131 e. The Morgan fingerprint density at radius 1 is 1.30 bits per heavy atom. The third-order valence-corrected chi connectivity index (χ3v) is 3.07. The van der Waals surface area contributed by atoms with E-state index in [0.717, 1.165) is 23.4 Å². The van der Waals surface area contributed by atoms with E-state index < -0.39 is 17.7 Å². The van der Waals surface area contributed by atoms with Crippen molar-refractivity contribution in [1.82, 2.24) is 10.3 Å². The van der Waals surface area contributed by atoms with Gasteiger partial charge in [0, 0.05) is 30.9 Å². The fourth-order valence-corrected chi connectivity index (χ4v) is 1.91. The van der Waals surface area contributed by atoms with E-state index >= 15 is 0 Å². The molecule has 5 heteroatoms. The number of nitrogens with zero attached hydrogens (tertiary/aromatic N) is 1. The predicted octanol–water partition coefficient (Wildman–Crippen LogP) is 2.49. The Kier molecular flexibility index (Phi) is 4.76. The molecule has 2 aromatic rings. The third-order valence-electron chi connectivity index (χ3n) is 3.07. The van der Waals surface area contributed by atoms with Crippen LogP contribution in [0.4, 0.5) is 8.78 Å². The van der Waals surface area contributed by atoms with Crippen LogP contribution in [0.25, 0.3) is 0 Å². The van der Waals surface area contributed by atoms with E-state index in [0.29, 0.717) is 6.54 Å². The summed E-state index contributed by atoms with van der Waals surface area (Å²) >= 11 is 0. The SMILES string of the molecule is Cc1cccnc1CNCC(O)c1ccc(F)cc1F. The van der Waals surface area contributed by atoms with Crippen molar-refractivity contribution in [2.75, 3.05) is 6.54 Å². The lowest BCUT2D eigenvalue weighted by Gasteiger charge is -2.13. The molecule has 0 aliphatic rings. The van der Waals surface area contributed by atoms with E-state index in [1.54, 1.807) is 6.20 Å². The van der Waals surface area contributed by atoms with Crippen LogP contribution in [-0.2, 0) is 6.54 Å². The zero-order valence-electron chi connectivity index (χ0n) is 11.1.